The van der Waals surface area contributed by atoms with Gasteiger partial charge in [0.25, 0.3) is 0 Å². The Hall–Kier alpha value is -1.06. The van der Waals surface area contributed by atoms with E-state index in [1.807, 2.05) is 0 Å². The van der Waals surface area contributed by atoms with Gasteiger partial charge in [0, 0.05) is 6.04 Å². The van der Waals surface area contributed by atoms with Gasteiger partial charge in [-0.05, 0) is 23.7 Å². The van der Waals surface area contributed by atoms with E-state index in [1.54, 1.807) is 0 Å². The van der Waals surface area contributed by atoms with Gasteiger partial charge in [0.15, 0.2) is 0 Å². The summed E-state index contributed by atoms with van der Waals surface area (Å²) < 4.78 is 0. The van der Waals surface area contributed by atoms with Crippen LogP contribution in [0.4, 0.5) is 0 Å². The fourth-order valence-electron chi connectivity index (χ4n) is 3.55. The highest BCUT2D eigenvalue weighted by molar-refractivity contribution is 5.85. The maximum Gasteiger partial charge on any atom is 0.307 e. The highest BCUT2D eigenvalue weighted by atomic mass is 16.4. The molecular weight excluding hydrogens is 242 g/mol. The third-order valence-electron chi connectivity index (χ3n) is 5.73. The minimum atomic E-state index is -0.825. The maximum absolute atomic E-state index is 12.4. The van der Waals surface area contributed by atoms with Crippen LogP contribution in [0.15, 0.2) is 0 Å². The first-order valence-electron chi connectivity index (χ1n) is 7.23. The summed E-state index contributed by atoms with van der Waals surface area (Å²) in [6, 6.07) is 0.156. The molecule has 2 aliphatic carbocycles. The number of carboxylic acid groups (broad SMARTS) is 1. The molecule has 2 aliphatic rings. The number of nitrogens with one attached hydrogen (secondary N) is 1. The second kappa shape index (κ2) is 4.50. The molecule has 1 amide bonds. The number of hydrogen-bond donors (Lipinski definition) is 2. The molecule has 2 rings (SSSR count). The van der Waals surface area contributed by atoms with Crippen molar-refractivity contribution in [3.05, 3.63) is 0 Å². The van der Waals surface area contributed by atoms with Gasteiger partial charge in [-0.2, -0.15) is 0 Å². The van der Waals surface area contributed by atoms with Gasteiger partial charge in [-0.25, -0.2) is 0 Å². The Morgan fingerprint density at radius 1 is 1.00 bits per heavy atom. The molecule has 4 nitrogen and oxygen atoms in total. The molecule has 0 aromatic rings. The van der Waals surface area contributed by atoms with Crippen LogP contribution in [0.2, 0.25) is 0 Å². The summed E-state index contributed by atoms with van der Waals surface area (Å²) in [7, 11) is 0. The van der Waals surface area contributed by atoms with Gasteiger partial charge in [-0.3, -0.25) is 9.59 Å². The van der Waals surface area contributed by atoms with Crippen LogP contribution < -0.4 is 5.32 Å². The summed E-state index contributed by atoms with van der Waals surface area (Å²) in [5.74, 6) is -1.73. The summed E-state index contributed by atoms with van der Waals surface area (Å²) in [6.07, 6.45) is 3.21. The van der Waals surface area contributed by atoms with E-state index in [9.17, 15) is 14.7 Å². The van der Waals surface area contributed by atoms with Crippen molar-refractivity contribution in [1.29, 1.82) is 0 Å². The van der Waals surface area contributed by atoms with Crippen LogP contribution >= 0.6 is 0 Å². The van der Waals surface area contributed by atoms with Crippen molar-refractivity contribution in [2.24, 2.45) is 22.7 Å². The molecule has 2 saturated carbocycles. The Labute approximate surface area is 115 Å². The van der Waals surface area contributed by atoms with Gasteiger partial charge in [0.05, 0.1) is 11.8 Å². The van der Waals surface area contributed by atoms with Crippen LogP contribution in [0.1, 0.15) is 53.4 Å². The van der Waals surface area contributed by atoms with E-state index < -0.39 is 11.9 Å². The summed E-state index contributed by atoms with van der Waals surface area (Å²) in [5.41, 5.74) is 0.187. The van der Waals surface area contributed by atoms with Crippen molar-refractivity contribution in [1.82, 2.24) is 5.32 Å². The van der Waals surface area contributed by atoms with Crippen LogP contribution in [-0.2, 0) is 9.59 Å². The lowest BCUT2D eigenvalue weighted by molar-refractivity contribution is -0.149. The fraction of sp³-hybridized carbons (Fsp3) is 0.867. The van der Waals surface area contributed by atoms with E-state index >= 15 is 0 Å². The van der Waals surface area contributed by atoms with Crippen molar-refractivity contribution in [2.75, 3.05) is 0 Å². The van der Waals surface area contributed by atoms with E-state index in [4.69, 9.17) is 0 Å². The van der Waals surface area contributed by atoms with E-state index in [0.717, 1.165) is 12.8 Å². The first-order valence-corrected chi connectivity index (χ1v) is 7.23. The first kappa shape index (κ1) is 14.4. The maximum atomic E-state index is 12.4. The number of carboxylic acids is 1. The molecule has 108 valence electrons. The second-order valence-electron chi connectivity index (χ2n) is 7.22. The molecule has 0 aromatic carbocycles. The monoisotopic (exact) mass is 267 g/mol. The standard InChI is InChI=1S/C15H25NO3/c1-14(2)13(15(14,3)4)16-11(17)9-7-5-6-8-10(9)12(18)19/h9-10,13H,5-8H2,1-4H3,(H,16,17)(H,18,19). The minimum Gasteiger partial charge on any atom is -0.481 e. The number of carbonyl (C=O) groups excluding carboxylic acids is 1. The summed E-state index contributed by atoms with van der Waals surface area (Å²) in [4.78, 5) is 23.6. The molecule has 2 N–H and O–H groups in total. The second-order valence-corrected chi connectivity index (χ2v) is 7.22. The first-order chi connectivity index (χ1) is 8.69. The van der Waals surface area contributed by atoms with Crippen molar-refractivity contribution < 1.29 is 14.7 Å². The molecule has 2 atom stereocenters. The Bertz CT molecular complexity index is 386. The van der Waals surface area contributed by atoms with Crippen molar-refractivity contribution in [2.45, 2.75) is 59.4 Å². The predicted octanol–water partition coefficient (Wildman–Crippen LogP) is 2.43. The quantitative estimate of drug-likeness (QED) is 0.825. The zero-order valence-corrected chi connectivity index (χ0v) is 12.3. The van der Waals surface area contributed by atoms with Gasteiger partial charge < -0.3 is 10.4 Å². The Kier molecular flexibility index (Phi) is 3.40. The van der Waals surface area contributed by atoms with Crippen LogP contribution in [0.3, 0.4) is 0 Å². The SMILES string of the molecule is CC1(C)C(NC(=O)C2CCCCC2C(=O)O)C1(C)C. The third-order valence-corrected chi connectivity index (χ3v) is 5.73. The Balaban J connectivity index is 2.02. The van der Waals surface area contributed by atoms with Gasteiger partial charge in [0.1, 0.15) is 0 Å². The topological polar surface area (TPSA) is 66.4 Å². The van der Waals surface area contributed by atoms with Gasteiger partial charge in [-0.15, -0.1) is 0 Å². The van der Waals surface area contributed by atoms with Gasteiger partial charge in [-0.1, -0.05) is 40.5 Å². The minimum absolute atomic E-state index is 0.0595. The average Bonchev–Trinajstić information content (AvgIpc) is 2.71. The smallest absolute Gasteiger partial charge is 0.307 e. The van der Waals surface area contributed by atoms with Crippen LogP contribution in [0, 0.1) is 22.7 Å². The molecule has 0 aromatic heterocycles. The number of aliphatic carboxylic acids is 1. The highest BCUT2D eigenvalue weighted by Crippen LogP contribution is 2.62. The fourth-order valence-corrected chi connectivity index (χ4v) is 3.55. The van der Waals surface area contributed by atoms with E-state index in [2.05, 4.69) is 33.0 Å². The lowest BCUT2D eigenvalue weighted by atomic mass is 9.78. The molecule has 2 unspecified atom stereocenters. The van der Waals surface area contributed by atoms with Crippen LogP contribution in [0.25, 0.3) is 0 Å². The molecule has 0 aliphatic heterocycles. The molecule has 2 fully saturated rings. The molecule has 0 radical (unpaired) electrons. The zero-order valence-electron chi connectivity index (χ0n) is 12.3. The third kappa shape index (κ3) is 2.26. The molecule has 4 heteroatoms. The lowest BCUT2D eigenvalue weighted by Crippen LogP contribution is -2.42. The molecule has 0 heterocycles. The van der Waals surface area contributed by atoms with E-state index in [0.29, 0.717) is 12.8 Å². The number of amides is 1. The van der Waals surface area contributed by atoms with Gasteiger partial charge >= 0.3 is 5.97 Å². The van der Waals surface area contributed by atoms with Gasteiger partial charge in [0.2, 0.25) is 5.91 Å². The molecule has 19 heavy (non-hydrogen) atoms. The van der Waals surface area contributed by atoms with E-state index in [1.165, 1.54) is 0 Å². The average molecular weight is 267 g/mol. The summed E-state index contributed by atoms with van der Waals surface area (Å²) in [6.45, 7) is 8.59. The lowest BCUT2D eigenvalue weighted by Gasteiger charge is -2.27. The molecule has 0 bridgehead atoms. The Morgan fingerprint density at radius 3 is 1.89 bits per heavy atom. The normalized spacial score (nSPS) is 32.6. The predicted molar refractivity (Wildman–Crippen MR) is 72.6 cm³/mol. The van der Waals surface area contributed by atoms with Crippen LogP contribution in [-0.4, -0.2) is 23.0 Å². The van der Waals surface area contributed by atoms with Crippen molar-refractivity contribution >= 4 is 11.9 Å². The molecular formula is C15H25NO3. The number of rotatable bonds is 3. The number of hydrogen-bond acceptors (Lipinski definition) is 2. The highest BCUT2D eigenvalue weighted by Gasteiger charge is 2.65. The Morgan fingerprint density at radius 2 is 1.47 bits per heavy atom. The molecule has 0 spiro atoms. The number of carbonyl (C=O) groups is 2. The largest absolute Gasteiger partial charge is 0.481 e. The van der Waals surface area contributed by atoms with E-state index in [-0.39, 0.29) is 28.7 Å². The zero-order chi connectivity index (χ0) is 14.4. The summed E-state index contributed by atoms with van der Waals surface area (Å²) >= 11 is 0. The summed E-state index contributed by atoms with van der Waals surface area (Å²) in [5, 5.41) is 12.3. The van der Waals surface area contributed by atoms with Crippen LogP contribution in [0.5, 0.6) is 0 Å². The molecule has 0 saturated heterocycles. The van der Waals surface area contributed by atoms with Crippen molar-refractivity contribution in [3.8, 4) is 0 Å². The van der Waals surface area contributed by atoms with Crippen molar-refractivity contribution in [3.63, 3.8) is 0 Å².